The van der Waals surface area contributed by atoms with Crippen LogP contribution in [0.25, 0.3) is 22.2 Å². The average Bonchev–Trinajstić information content (AvgIpc) is 2.89. The number of rotatable bonds is 2. The van der Waals surface area contributed by atoms with Gasteiger partial charge >= 0.3 is 0 Å². The van der Waals surface area contributed by atoms with Crippen LogP contribution in [-0.4, -0.2) is 14.8 Å². The summed E-state index contributed by atoms with van der Waals surface area (Å²) >= 11 is 0. The Morgan fingerprint density at radius 2 is 2.22 bits per heavy atom. The van der Waals surface area contributed by atoms with Crippen LogP contribution >= 0.6 is 0 Å². The standard InChI is InChI=1S/C13H14N4O/c1-8-15-11-5-9(3-4-13(11)18-8)10-7-17(2)16-12(10)6-14/h3-5,7H,6,14H2,1-2H3. The summed E-state index contributed by atoms with van der Waals surface area (Å²) in [4.78, 5) is 4.34. The Balaban J connectivity index is 2.18. The SMILES string of the molecule is Cc1nc2cc(-c3cn(C)nc3CN)ccc2o1. The molecular formula is C13H14N4O. The van der Waals surface area contributed by atoms with E-state index in [1.54, 1.807) is 4.68 Å². The van der Waals surface area contributed by atoms with E-state index < -0.39 is 0 Å². The highest BCUT2D eigenvalue weighted by atomic mass is 16.3. The van der Waals surface area contributed by atoms with Crippen LogP contribution in [-0.2, 0) is 13.6 Å². The lowest BCUT2D eigenvalue weighted by atomic mass is 10.1. The lowest BCUT2D eigenvalue weighted by Gasteiger charge is -1.99. The molecule has 0 saturated heterocycles. The van der Waals surface area contributed by atoms with Crippen molar-refractivity contribution in [2.45, 2.75) is 13.5 Å². The molecule has 0 spiro atoms. The molecule has 0 fully saturated rings. The van der Waals surface area contributed by atoms with E-state index in [0.29, 0.717) is 12.4 Å². The third-order valence-corrected chi connectivity index (χ3v) is 2.90. The number of nitrogens with two attached hydrogens (primary N) is 1. The van der Waals surface area contributed by atoms with Gasteiger partial charge in [-0.25, -0.2) is 4.98 Å². The second-order valence-corrected chi connectivity index (χ2v) is 4.28. The van der Waals surface area contributed by atoms with Crippen LogP contribution in [0.3, 0.4) is 0 Å². The fourth-order valence-corrected chi connectivity index (χ4v) is 2.14. The maximum absolute atomic E-state index is 5.71. The first kappa shape index (κ1) is 11.0. The normalized spacial score (nSPS) is 11.3. The molecule has 2 aromatic heterocycles. The molecule has 0 aliphatic heterocycles. The molecule has 5 nitrogen and oxygen atoms in total. The monoisotopic (exact) mass is 242 g/mol. The Morgan fingerprint density at radius 3 is 3.00 bits per heavy atom. The van der Waals surface area contributed by atoms with E-state index in [1.165, 1.54) is 0 Å². The van der Waals surface area contributed by atoms with E-state index >= 15 is 0 Å². The summed E-state index contributed by atoms with van der Waals surface area (Å²) in [5.41, 5.74) is 10.4. The number of nitrogens with zero attached hydrogens (tertiary/aromatic N) is 3. The van der Waals surface area contributed by atoms with Gasteiger partial charge in [0.15, 0.2) is 11.5 Å². The topological polar surface area (TPSA) is 69.9 Å². The van der Waals surface area contributed by atoms with E-state index in [-0.39, 0.29) is 0 Å². The van der Waals surface area contributed by atoms with Crippen molar-refractivity contribution >= 4 is 11.1 Å². The fourth-order valence-electron chi connectivity index (χ4n) is 2.14. The first-order chi connectivity index (χ1) is 8.67. The summed E-state index contributed by atoms with van der Waals surface area (Å²) in [6.07, 6.45) is 1.97. The fraction of sp³-hybridized carbons (Fsp3) is 0.231. The van der Waals surface area contributed by atoms with Gasteiger partial charge in [0.1, 0.15) is 5.52 Å². The smallest absolute Gasteiger partial charge is 0.192 e. The van der Waals surface area contributed by atoms with Crippen molar-refractivity contribution in [1.29, 1.82) is 0 Å². The van der Waals surface area contributed by atoms with Crippen molar-refractivity contribution < 1.29 is 4.42 Å². The summed E-state index contributed by atoms with van der Waals surface area (Å²) in [7, 11) is 1.89. The predicted octanol–water partition coefficient (Wildman–Crippen LogP) is 2.00. The van der Waals surface area contributed by atoms with E-state index in [0.717, 1.165) is 27.9 Å². The van der Waals surface area contributed by atoms with Gasteiger partial charge < -0.3 is 10.2 Å². The molecule has 92 valence electrons. The number of benzene rings is 1. The molecule has 0 unspecified atom stereocenters. The molecule has 2 N–H and O–H groups in total. The lowest BCUT2D eigenvalue weighted by Crippen LogP contribution is -1.99. The minimum absolute atomic E-state index is 0.423. The summed E-state index contributed by atoms with van der Waals surface area (Å²) in [6.45, 7) is 2.26. The lowest BCUT2D eigenvalue weighted by molar-refractivity contribution is 0.561. The van der Waals surface area contributed by atoms with E-state index in [4.69, 9.17) is 10.2 Å². The van der Waals surface area contributed by atoms with Crippen molar-refractivity contribution in [1.82, 2.24) is 14.8 Å². The zero-order valence-corrected chi connectivity index (χ0v) is 10.3. The number of hydrogen-bond donors (Lipinski definition) is 1. The molecule has 3 aromatic rings. The largest absolute Gasteiger partial charge is 0.441 e. The van der Waals surface area contributed by atoms with Crippen LogP contribution in [0.1, 0.15) is 11.6 Å². The molecule has 0 atom stereocenters. The van der Waals surface area contributed by atoms with Crippen LogP contribution in [0, 0.1) is 6.92 Å². The van der Waals surface area contributed by atoms with Gasteiger partial charge in [-0.15, -0.1) is 0 Å². The molecule has 1 aromatic carbocycles. The van der Waals surface area contributed by atoms with Gasteiger partial charge in [-0.05, 0) is 17.7 Å². The molecule has 0 bridgehead atoms. The molecule has 0 radical (unpaired) electrons. The molecule has 0 aliphatic rings. The number of oxazole rings is 1. The van der Waals surface area contributed by atoms with Gasteiger partial charge in [0.2, 0.25) is 0 Å². The maximum atomic E-state index is 5.71. The van der Waals surface area contributed by atoms with E-state index in [9.17, 15) is 0 Å². The summed E-state index contributed by atoms with van der Waals surface area (Å²) < 4.78 is 7.24. The molecule has 2 heterocycles. The number of fused-ring (bicyclic) bond motifs is 1. The Hall–Kier alpha value is -2.14. The minimum Gasteiger partial charge on any atom is -0.441 e. The molecule has 18 heavy (non-hydrogen) atoms. The third kappa shape index (κ3) is 1.69. The van der Waals surface area contributed by atoms with Gasteiger partial charge in [-0.2, -0.15) is 5.10 Å². The Kier molecular flexibility index (Phi) is 2.41. The van der Waals surface area contributed by atoms with E-state index in [2.05, 4.69) is 10.1 Å². The first-order valence-corrected chi connectivity index (χ1v) is 5.77. The Morgan fingerprint density at radius 1 is 1.39 bits per heavy atom. The zero-order valence-electron chi connectivity index (χ0n) is 10.3. The average molecular weight is 242 g/mol. The molecule has 0 aliphatic carbocycles. The van der Waals surface area contributed by atoms with Crippen LogP contribution in [0.15, 0.2) is 28.8 Å². The van der Waals surface area contributed by atoms with Crippen LogP contribution < -0.4 is 5.73 Å². The molecule has 0 saturated carbocycles. The number of hydrogen-bond acceptors (Lipinski definition) is 4. The molecular weight excluding hydrogens is 228 g/mol. The summed E-state index contributed by atoms with van der Waals surface area (Å²) in [6, 6.07) is 5.93. The third-order valence-electron chi connectivity index (χ3n) is 2.90. The van der Waals surface area contributed by atoms with Crippen molar-refractivity contribution in [3.05, 3.63) is 36.0 Å². The zero-order chi connectivity index (χ0) is 12.7. The first-order valence-electron chi connectivity index (χ1n) is 5.77. The van der Waals surface area contributed by atoms with Gasteiger partial charge in [-0.3, -0.25) is 4.68 Å². The Bertz CT molecular complexity index is 711. The quantitative estimate of drug-likeness (QED) is 0.746. The van der Waals surface area contributed by atoms with Crippen molar-refractivity contribution in [2.75, 3.05) is 0 Å². The summed E-state index contributed by atoms with van der Waals surface area (Å²) in [5, 5.41) is 4.34. The minimum atomic E-state index is 0.423. The predicted molar refractivity (Wildman–Crippen MR) is 68.8 cm³/mol. The second-order valence-electron chi connectivity index (χ2n) is 4.28. The van der Waals surface area contributed by atoms with Crippen molar-refractivity contribution in [2.24, 2.45) is 12.8 Å². The van der Waals surface area contributed by atoms with Crippen LogP contribution in [0.5, 0.6) is 0 Å². The van der Waals surface area contributed by atoms with Gasteiger partial charge in [0, 0.05) is 32.3 Å². The van der Waals surface area contributed by atoms with Gasteiger partial charge in [0.05, 0.1) is 5.69 Å². The molecule has 0 amide bonds. The van der Waals surface area contributed by atoms with Gasteiger partial charge in [0.25, 0.3) is 0 Å². The number of aromatic nitrogens is 3. The summed E-state index contributed by atoms with van der Waals surface area (Å²) in [5.74, 6) is 0.674. The highest BCUT2D eigenvalue weighted by Gasteiger charge is 2.10. The molecule has 3 rings (SSSR count). The van der Waals surface area contributed by atoms with Crippen molar-refractivity contribution in [3.8, 4) is 11.1 Å². The Labute approximate surface area is 104 Å². The molecule has 5 heteroatoms. The maximum Gasteiger partial charge on any atom is 0.192 e. The van der Waals surface area contributed by atoms with E-state index in [1.807, 2.05) is 38.4 Å². The highest BCUT2D eigenvalue weighted by Crippen LogP contribution is 2.26. The van der Waals surface area contributed by atoms with Crippen LogP contribution in [0.2, 0.25) is 0 Å². The highest BCUT2D eigenvalue weighted by molar-refractivity contribution is 5.80. The van der Waals surface area contributed by atoms with Gasteiger partial charge in [-0.1, -0.05) is 6.07 Å². The second kappa shape index (κ2) is 3.96. The van der Waals surface area contributed by atoms with Crippen molar-refractivity contribution in [3.63, 3.8) is 0 Å². The van der Waals surface area contributed by atoms with Crippen LogP contribution in [0.4, 0.5) is 0 Å². The number of aryl methyl sites for hydroxylation is 2.